The summed E-state index contributed by atoms with van der Waals surface area (Å²) in [5, 5.41) is 4.43. The minimum Gasteiger partial charge on any atom is -0.492 e. The quantitative estimate of drug-likeness (QED) is 0.786. The highest BCUT2D eigenvalue weighted by Crippen LogP contribution is 2.39. The molecule has 0 saturated carbocycles. The van der Waals surface area contributed by atoms with Gasteiger partial charge in [-0.25, -0.2) is 0 Å². The van der Waals surface area contributed by atoms with Gasteiger partial charge in [0.1, 0.15) is 12.4 Å². The third-order valence-corrected chi connectivity index (χ3v) is 3.45. The Morgan fingerprint density at radius 2 is 2.30 bits per heavy atom. The van der Waals surface area contributed by atoms with E-state index >= 15 is 0 Å². The Hall–Kier alpha value is -1.01. The van der Waals surface area contributed by atoms with Crippen molar-refractivity contribution in [2.75, 3.05) is 26.4 Å². The van der Waals surface area contributed by atoms with Crippen molar-refractivity contribution < 1.29 is 14.3 Å². The first kappa shape index (κ1) is 15.4. The second kappa shape index (κ2) is 7.13. The van der Waals surface area contributed by atoms with Crippen LogP contribution in [0.4, 0.5) is 0 Å². The molecule has 1 amide bonds. The van der Waals surface area contributed by atoms with Crippen LogP contribution in [0, 0.1) is 0 Å². The number of amides is 1. The lowest BCUT2D eigenvalue weighted by Crippen LogP contribution is -2.30. The van der Waals surface area contributed by atoms with Crippen LogP contribution in [0.1, 0.15) is 18.0 Å². The van der Waals surface area contributed by atoms with Crippen LogP contribution in [-0.4, -0.2) is 32.3 Å². The molecule has 0 fully saturated rings. The molecule has 0 spiro atoms. The normalized spacial score (nSPS) is 17.4. The van der Waals surface area contributed by atoms with Gasteiger partial charge in [-0.15, -0.1) is 0 Å². The average molecular weight is 319 g/mol. The van der Waals surface area contributed by atoms with E-state index in [1.165, 1.54) is 0 Å². The number of halogens is 2. The summed E-state index contributed by atoms with van der Waals surface area (Å²) in [5.41, 5.74) is 5.93. The Morgan fingerprint density at radius 3 is 3.05 bits per heavy atom. The number of fused-ring (bicyclic) bond motifs is 1. The predicted octanol–water partition coefficient (Wildman–Crippen LogP) is 1.91. The molecule has 7 heteroatoms. The number of nitrogens with one attached hydrogen (secondary N) is 1. The molecule has 0 saturated heterocycles. The molecule has 0 radical (unpaired) electrons. The number of carbonyl (C=O) groups excluding carboxylic acids is 1. The molecule has 1 atom stereocenters. The Morgan fingerprint density at radius 1 is 1.50 bits per heavy atom. The summed E-state index contributed by atoms with van der Waals surface area (Å²) < 4.78 is 10.7. The fraction of sp³-hybridized carbons (Fsp3) is 0.462. The molecule has 1 aromatic rings. The number of ether oxygens (including phenoxy) is 2. The Kier molecular flexibility index (Phi) is 5.48. The maximum absolute atomic E-state index is 10.5. The van der Waals surface area contributed by atoms with Gasteiger partial charge in [0.25, 0.3) is 0 Å². The van der Waals surface area contributed by atoms with E-state index in [-0.39, 0.29) is 12.6 Å². The molecule has 2 rings (SSSR count). The van der Waals surface area contributed by atoms with Crippen molar-refractivity contribution in [1.29, 1.82) is 0 Å². The summed E-state index contributed by atoms with van der Waals surface area (Å²) >= 11 is 12.1. The van der Waals surface area contributed by atoms with E-state index in [1.807, 2.05) is 6.07 Å². The van der Waals surface area contributed by atoms with Crippen molar-refractivity contribution in [1.82, 2.24) is 5.32 Å². The molecule has 0 aliphatic carbocycles. The number of hydrogen-bond acceptors (Lipinski definition) is 4. The van der Waals surface area contributed by atoms with E-state index in [2.05, 4.69) is 5.32 Å². The van der Waals surface area contributed by atoms with Gasteiger partial charge in [0.15, 0.2) is 0 Å². The molecule has 1 aliphatic rings. The zero-order chi connectivity index (χ0) is 14.5. The molecular weight excluding hydrogens is 303 g/mol. The van der Waals surface area contributed by atoms with E-state index in [0.29, 0.717) is 35.6 Å². The summed E-state index contributed by atoms with van der Waals surface area (Å²) in [5.74, 6) is 0.206. The number of carbonyl (C=O) groups is 1. The van der Waals surface area contributed by atoms with Crippen LogP contribution in [0.25, 0.3) is 0 Å². The third kappa shape index (κ3) is 3.99. The molecule has 1 unspecified atom stereocenters. The average Bonchev–Trinajstić information content (AvgIpc) is 2.38. The highest BCUT2D eigenvalue weighted by molar-refractivity contribution is 6.35. The maximum Gasteiger partial charge on any atom is 0.243 e. The van der Waals surface area contributed by atoms with Crippen LogP contribution in [0.2, 0.25) is 10.0 Å². The van der Waals surface area contributed by atoms with Crippen LogP contribution >= 0.6 is 23.2 Å². The third-order valence-electron chi connectivity index (χ3n) is 2.95. The SMILES string of the molecule is NC(=O)COCCNC1CCOc2c(Cl)cc(Cl)cc21. The van der Waals surface area contributed by atoms with Gasteiger partial charge in [0.05, 0.1) is 18.2 Å². The van der Waals surface area contributed by atoms with Crippen molar-refractivity contribution in [2.24, 2.45) is 5.73 Å². The maximum atomic E-state index is 10.5. The fourth-order valence-corrected chi connectivity index (χ4v) is 2.68. The topological polar surface area (TPSA) is 73.6 Å². The van der Waals surface area contributed by atoms with Gasteiger partial charge >= 0.3 is 0 Å². The van der Waals surface area contributed by atoms with Crippen molar-refractivity contribution in [2.45, 2.75) is 12.5 Å². The molecule has 110 valence electrons. The van der Waals surface area contributed by atoms with Crippen LogP contribution in [0.15, 0.2) is 12.1 Å². The van der Waals surface area contributed by atoms with Crippen molar-refractivity contribution in [3.05, 3.63) is 27.7 Å². The van der Waals surface area contributed by atoms with E-state index in [0.717, 1.165) is 12.0 Å². The lowest BCUT2D eigenvalue weighted by molar-refractivity contribution is -0.122. The fourth-order valence-electron chi connectivity index (χ4n) is 2.12. The Bertz CT molecular complexity index is 497. The second-order valence-electron chi connectivity index (χ2n) is 4.47. The van der Waals surface area contributed by atoms with Crippen LogP contribution in [0.3, 0.4) is 0 Å². The molecule has 0 bridgehead atoms. The van der Waals surface area contributed by atoms with Gasteiger partial charge in [0.2, 0.25) is 5.91 Å². The Balaban J connectivity index is 1.93. The standard InChI is InChI=1S/C13H16Cl2N2O3/c14-8-5-9-11(17-2-4-19-7-12(16)18)1-3-20-13(9)10(15)6-8/h5-6,11,17H,1-4,7H2,(H2,16,18). The number of rotatable bonds is 6. The first-order valence-corrected chi connectivity index (χ1v) is 7.04. The number of hydrogen-bond donors (Lipinski definition) is 2. The second-order valence-corrected chi connectivity index (χ2v) is 5.31. The molecule has 5 nitrogen and oxygen atoms in total. The first-order valence-electron chi connectivity index (χ1n) is 6.29. The zero-order valence-corrected chi connectivity index (χ0v) is 12.3. The summed E-state index contributed by atoms with van der Waals surface area (Å²) in [6.45, 7) is 1.53. The summed E-state index contributed by atoms with van der Waals surface area (Å²) in [7, 11) is 0. The van der Waals surface area contributed by atoms with Gasteiger partial charge in [-0.1, -0.05) is 23.2 Å². The molecule has 1 aromatic carbocycles. The highest BCUT2D eigenvalue weighted by Gasteiger charge is 2.23. The van der Waals surface area contributed by atoms with E-state index in [4.69, 9.17) is 38.4 Å². The molecule has 1 heterocycles. The van der Waals surface area contributed by atoms with E-state index < -0.39 is 5.91 Å². The van der Waals surface area contributed by atoms with Crippen LogP contribution < -0.4 is 15.8 Å². The number of nitrogens with two attached hydrogens (primary N) is 1. The molecule has 20 heavy (non-hydrogen) atoms. The summed E-state index contributed by atoms with van der Waals surface area (Å²) in [6.07, 6.45) is 0.819. The van der Waals surface area contributed by atoms with E-state index in [1.54, 1.807) is 6.07 Å². The van der Waals surface area contributed by atoms with Crippen molar-refractivity contribution in [3.63, 3.8) is 0 Å². The molecular formula is C13H16Cl2N2O3. The van der Waals surface area contributed by atoms with Gasteiger partial charge < -0.3 is 20.5 Å². The monoisotopic (exact) mass is 318 g/mol. The minimum absolute atomic E-state index is 0.0658. The van der Waals surface area contributed by atoms with Gasteiger partial charge in [-0.2, -0.15) is 0 Å². The van der Waals surface area contributed by atoms with Crippen LogP contribution in [-0.2, 0) is 9.53 Å². The lowest BCUT2D eigenvalue weighted by Gasteiger charge is -2.27. The van der Waals surface area contributed by atoms with Gasteiger partial charge in [0, 0.05) is 29.6 Å². The van der Waals surface area contributed by atoms with Gasteiger partial charge in [-0.05, 0) is 12.1 Å². The largest absolute Gasteiger partial charge is 0.492 e. The molecule has 3 N–H and O–H groups in total. The van der Waals surface area contributed by atoms with Crippen molar-refractivity contribution >= 4 is 29.1 Å². The predicted molar refractivity (Wildman–Crippen MR) is 77.3 cm³/mol. The van der Waals surface area contributed by atoms with Crippen molar-refractivity contribution in [3.8, 4) is 5.75 Å². The van der Waals surface area contributed by atoms with Crippen LogP contribution in [0.5, 0.6) is 5.75 Å². The molecule has 0 aromatic heterocycles. The molecule has 1 aliphatic heterocycles. The van der Waals surface area contributed by atoms with Gasteiger partial charge in [-0.3, -0.25) is 4.79 Å². The zero-order valence-electron chi connectivity index (χ0n) is 10.8. The highest BCUT2D eigenvalue weighted by atomic mass is 35.5. The summed E-state index contributed by atoms with van der Waals surface area (Å²) in [6, 6.07) is 3.62. The lowest BCUT2D eigenvalue weighted by atomic mass is 10.0. The first-order chi connectivity index (χ1) is 9.58. The number of benzene rings is 1. The van der Waals surface area contributed by atoms with E-state index in [9.17, 15) is 4.79 Å². The minimum atomic E-state index is -0.472. The number of primary amides is 1. The summed E-state index contributed by atoms with van der Waals surface area (Å²) in [4.78, 5) is 10.5. The smallest absolute Gasteiger partial charge is 0.243 e. The Labute approximate surface area is 127 Å².